The maximum Gasteiger partial charge on any atom is 0.191 e. The van der Waals surface area contributed by atoms with Crippen molar-refractivity contribution in [3.8, 4) is 0 Å². The third-order valence-corrected chi connectivity index (χ3v) is 4.99. The summed E-state index contributed by atoms with van der Waals surface area (Å²) in [6.07, 6.45) is 6.32. The van der Waals surface area contributed by atoms with Crippen LogP contribution in [0.25, 0.3) is 0 Å². The molecule has 1 atom stereocenters. The van der Waals surface area contributed by atoms with Crippen LogP contribution in [0.3, 0.4) is 0 Å². The van der Waals surface area contributed by atoms with Crippen molar-refractivity contribution in [1.29, 1.82) is 0 Å². The number of nitrogens with one attached hydrogen (secondary N) is 2. The molecule has 0 fully saturated rings. The number of aromatic nitrogens is 3. The molecule has 0 aliphatic rings. The van der Waals surface area contributed by atoms with Gasteiger partial charge in [-0.1, -0.05) is 46.4 Å². The average Bonchev–Trinajstić information content (AvgIpc) is 2.96. The van der Waals surface area contributed by atoms with Crippen molar-refractivity contribution < 1.29 is 0 Å². The summed E-state index contributed by atoms with van der Waals surface area (Å²) in [6, 6.07) is 0.411. The summed E-state index contributed by atoms with van der Waals surface area (Å²) < 4.78 is 2.26. The van der Waals surface area contributed by atoms with Crippen molar-refractivity contribution >= 4 is 17.7 Å². The molecule has 2 N–H and O–H groups in total. The second-order valence-corrected chi connectivity index (χ2v) is 9.63. The van der Waals surface area contributed by atoms with E-state index in [0.717, 1.165) is 49.3 Å². The van der Waals surface area contributed by atoms with Crippen LogP contribution in [-0.2, 0) is 13.0 Å². The Kier molecular flexibility index (Phi) is 10.2. The van der Waals surface area contributed by atoms with Crippen molar-refractivity contribution in [3.05, 3.63) is 5.82 Å². The lowest BCUT2D eigenvalue weighted by Gasteiger charge is -2.23. The molecule has 0 bridgehead atoms. The van der Waals surface area contributed by atoms with Gasteiger partial charge in [0.25, 0.3) is 0 Å². The molecular weight excluding hydrogens is 356 g/mol. The zero-order valence-electron chi connectivity index (χ0n) is 18.6. The number of hydrogen-bond acceptors (Lipinski definition) is 4. The largest absolute Gasteiger partial charge is 0.356 e. The van der Waals surface area contributed by atoms with Gasteiger partial charge in [0.1, 0.15) is 5.82 Å². The van der Waals surface area contributed by atoms with Crippen LogP contribution < -0.4 is 10.6 Å². The number of hydrogen-bond donors (Lipinski definition) is 2. The van der Waals surface area contributed by atoms with E-state index < -0.39 is 0 Å². The molecule has 1 rings (SSSR count). The van der Waals surface area contributed by atoms with E-state index in [1.54, 1.807) is 11.8 Å². The highest BCUT2D eigenvalue weighted by atomic mass is 32.2. The number of guanidine groups is 1. The fourth-order valence-electron chi connectivity index (χ4n) is 2.81. The first-order valence-electron chi connectivity index (χ1n) is 10.1. The molecule has 1 unspecified atom stereocenters. The Morgan fingerprint density at radius 1 is 1.22 bits per heavy atom. The number of aliphatic imine (C=N–C) groups is 1. The van der Waals surface area contributed by atoms with Gasteiger partial charge in [0.05, 0.1) is 0 Å². The molecule has 1 aromatic heterocycles. The average molecular weight is 397 g/mol. The lowest BCUT2D eigenvalue weighted by molar-refractivity contribution is 0.346. The van der Waals surface area contributed by atoms with Crippen molar-refractivity contribution in [2.24, 2.45) is 16.3 Å². The molecule has 1 heterocycles. The Labute approximate surface area is 170 Å². The smallest absolute Gasteiger partial charge is 0.191 e. The Morgan fingerprint density at radius 2 is 1.93 bits per heavy atom. The van der Waals surface area contributed by atoms with Crippen LogP contribution in [0.2, 0.25) is 0 Å². The number of nitrogens with zero attached hydrogens (tertiary/aromatic N) is 4. The summed E-state index contributed by atoms with van der Waals surface area (Å²) >= 11 is 1.66. The molecule has 0 aliphatic heterocycles. The van der Waals surface area contributed by atoms with Crippen molar-refractivity contribution in [1.82, 2.24) is 25.4 Å². The SMILES string of the molecule is CN=C(NCCCc1nnc(SC)n1CC(C)C)NC(C)CCC(C)(C)C. The van der Waals surface area contributed by atoms with Crippen LogP contribution in [-0.4, -0.2) is 46.6 Å². The highest BCUT2D eigenvalue weighted by molar-refractivity contribution is 7.98. The van der Waals surface area contributed by atoms with Crippen LogP contribution in [0.5, 0.6) is 0 Å². The summed E-state index contributed by atoms with van der Waals surface area (Å²) in [6.45, 7) is 15.4. The van der Waals surface area contributed by atoms with Crippen molar-refractivity contribution in [3.63, 3.8) is 0 Å². The monoisotopic (exact) mass is 396 g/mol. The second kappa shape index (κ2) is 11.6. The predicted octanol–water partition coefficient (Wildman–Crippen LogP) is 3.97. The lowest BCUT2D eigenvalue weighted by Crippen LogP contribution is -2.42. The number of thioether (sulfide) groups is 1. The van der Waals surface area contributed by atoms with E-state index in [1.807, 2.05) is 7.05 Å². The molecule has 27 heavy (non-hydrogen) atoms. The van der Waals surface area contributed by atoms with Gasteiger partial charge in [-0.15, -0.1) is 10.2 Å². The van der Waals surface area contributed by atoms with Crippen LogP contribution in [0.4, 0.5) is 0 Å². The molecule has 0 saturated heterocycles. The molecule has 0 saturated carbocycles. The van der Waals surface area contributed by atoms with E-state index in [0.29, 0.717) is 17.4 Å². The molecule has 7 heteroatoms. The molecular formula is C20H40N6S. The topological polar surface area (TPSA) is 67.1 Å². The van der Waals surface area contributed by atoms with Gasteiger partial charge in [0, 0.05) is 32.6 Å². The maximum atomic E-state index is 4.39. The molecule has 0 spiro atoms. The minimum atomic E-state index is 0.369. The van der Waals surface area contributed by atoms with Gasteiger partial charge < -0.3 is 15.2 Å². The van der Waals surface area contributed by atoms with E-state index in [2.05, 4.69) is 78.2 Å². The summed E-state index contributed by atoms with van der Waals surface area (Å²) in [5, 5.41) is 16.6. The Balaban J connectivity index is 2.43. The number of aryl methyl sites for hydroxylation is 1. The summed E-state index contributed by atoms with van der Waals surface area (Å²) in [5.41, 5.74) is 0.369. The van der Waals surface area contributed by atoms with Gasteiger partial charge in [-0.2, -0.15) is 0 Å². The van der Waals surface area contributed by atoms with Crippen LogP contribution in [0, 0.1) is 11.3 Å². The zero-order chi connectivity index (χ0) is 20.4. The molecule has 156 valence electrons. The van der Waals surface area contributed by atoms with Gasteiger partial charge in [-0.3, -0.25) is 4.99 Å². The predicted molar refractivity (Wildman–Crippen MR) is 118 cm³/mol. The van der Waals surface area contributed by atoms with Gasteiger partial charge in [-0.25, -0.2) is 0 Å². The van der Waals surface area contributed by atoms with Gasteiger partial charge in [-0.05, 0) is 43.8 Å². The van der Waals surface area contributed by atoms with Crippen LogP contribution in [0.15, 0.2) is 10.1 Å². The standard InChI is InChI=1S/C20H40N6S/c1-15(2)14-26-17(24-25-19(26)27-8)10-9-13-22-18(21-7)23-16(3)11-12-20(4,5)6/h15-16H,9-14H2,1-8H3,(H2,21,22,23). The Bertz CT molecular complexity index is 574. The number of rotatable bonds is 10. The summed E-state index contributed by atoms with van der Waals surface area (Å²) in [7, 11) is 1.83. The Hall–Kier alpha value is -1.24. The first kappa shape index (κ1) is 23.8. The van der Waals surface area contributed by atoms with Gasteiger partial charge >= 0.3 is 0 Å². The lowest BCUT2D eigenvalue weighted by atomic mass is 9.89. The first-order valence-corrected chi connectivity index (χ1v) is 11.3. The highest BCUT2D eigenvalue weighted by Crippen LogP contribution is 2.21. The van der Waals surface area contributed by atoms with E-state index in [4.69, 9.17) is 0 Å². The van der Waals surface area contributed by atoms with Gasteiger partial charge in [0.2, 0.25) is 0 Å². The molecule has 0 radical (unpaired) electrons. The molecule has 0 amide bonds. The third-order valence-electron chi connectivity index (χ3n) is 4.33. The molecule has 0 aliphatic carbocycles. The van der Waals surface area contributed by atoms with Crippen LogP contribution in [0.1, 0.15) is 66.6 Å². The van der Waals surface area contributed by atoms with E-state index in [9.17, 15) is 0 Å². The molecule has 0 aromatic carbocycles. The summed E-state index contributed by atoms with van der Waals surface area (Å²) in [5.74, 6) is 2.54. The fourth-order valence-corrected chi connectivity index (χ4v) is 3.33. The van der Waals surface area contributed by atoms with E-state index in [-0.39, 0.29) is 0 Å². The minimum Gasteiger partial charge on any atom is -0.356 e. The molecule has 1 aromatic rings. The van der Waals surface area contributed by atoms with E-state index >= 15 is 0 Å². The van der Waals surface area contributed by atoms with Crippen LogP contribution >= 0.6 is 11.8 Å². The molecule has 6 nitrogen and oxygen atoms in total. The minimum absolute atomic E-state index is 0.369. The first-order chi connectivity index (χ1) is 12.7. The van der Waals surface area contributed by atoms with Crippen molar-refractivity contribution in [2.45, 2.75) is 85.0 Å². The maximum absolute atomic E-state index is 4.39. The van der Waals surface area contributed by atoms with E-state index in [1.165, 1.54) is 6.42 Å². The van der Waals surface area contributed by atoms with Gasteiger partial charge in [0.15, 0.2) is 11.1 Å². The Morgan fingerprint density at radius 3 is 2.48 bits per heavy atom. The van der Waals surface area contributed by atoms with Crippen molar-refractivity contribution in [2.75, 3.05) is 19.8 Å². The zero-order valence-corrected chi connectivity index (χ0v) is 19.4. The quantitative estimate of drug-likeness (QED) is 0.271. The second-order valence-electron chi connectivity index (χ2n) is 8.85. The fraction of sp³-hybridized carbons (Fsp3) is 0.850. The highest BCUT2D eigenvalue weighted by Gasteiger charge is 2.14. The summed E-state index contributed by atoms with van der Waals surface area (Å²) in [4.78, 5) is 4.35. The normalized spacial score (nSPS) is 13.9. The third kappa shape index (κ3) is 9.49.